The van der Waals surface area contributed by atoms with Gasteiger partial charge in [-0.3, -0.25) is 4.98 Å². The predicted octanol–water partition coefficient (Wildman–Crippen LogP) is 4.14. The number of pyridine rings is 1. The molecule has 0 saturated carbocycles. The highest BCUT2D eigenvalue weighted by molar-refractivity contribution is 9.10. The zero-order valence-corrected chi connectivity index (χ0v) is 11.8. The number of hydrogen-bond acceptors (Lipinski definition) is 3. The maximum Gasteiger partial charge on any atom is 0.115 e. The molecular weight excluding hydrogens is 310 g/mol. The summed E-state index contributed by atoms with van der Waals surface area (Å²) < 4.78 is 0.996. The average molecular weight is 320 g/mol. The van der Waals surface area contributed by atoms with E-state index in [1.807, 2.05) is 41.8 Å². The SMILES string of the molecule is OC(c1cnc2ccccc2c1)c1cc(Br)cs1. The lowest BCUT2D eigenvalue weighted by Gasteiger charge is -2.09. The van der Waals surface area contributed by atoms with Gasteiger partial charge in [-0.2, -0.15) is 0 Å². The molecular formula is C14H10BrNOS. The Morgan fingerprint density at radius 2 is 2.06 bits per heavy atom. The third-order valence-corrected chi connectivity index (χ3v) is 4.53. The highest BCUT2D eigenvalue weighted by atomic mass is 79.9. The van der Waals surface area contributed by atoms with Crippen molar-refractivity contribution in [2.75, 3.05) is 0 Å². The minimum atomic E-state index is -0.613. The highest BCUT2D eigenvalue weighted by Crippen LogP contribution is 2.30. The average Bonchev–Trinajstić information content (AvgIpc) is 2.84. The van der Waals surface area contributed by atoms with Crippen LogP contribution in [0.2, 0.25) is 0 Å². The number of nitrogens with zero attached hydrogens (tertiary/aromatic N) is 1. The number of aliphatic hydroxyl groups is 1. The molecule has 0 fully saturated rings. The molecule has 0 spiro atoms. The van der Waals surface area contributed by atoms with Gasteiger partial charge in [-0.25, -0.2) is 0 Å². The van der Waals surface area contributed by atoms with Crippen molar-refractivity contribution in [1.82, 2.24) is 4.98 Å². The summed E-state index contributed by atoms with van der Waals surface area (Å²) in [5, 5.41) is 13.3. The first-order chi connectivity index (χ1) is 8.74. The molecule has 3 aromatic rings. The van der Waals surface area contributed by atoms with Gasteiger partial charge in [0.2, 0.25) is 0 Å². The van der Waals surface area contributed by atoms with Crippen molar-refractivity contribution in [2.24, 2.45) is 0 Å². The molecule has 0 aliphatic rings. The zero-order chi connectivity index (χ0) is 12.5. The van der Waals surface area contributed by atoms with E-state index >= 15 is 0 Å². The summed E-state index contributed by atoms with van der Waals surface area (Å²) in [4.78, 5) is 5.28. The van der Waals surface area contributed by atoms with Crippen LogP contribution in [0.1, 0.15) is 16.5 Å². The number of aromatic nitrogens is 1. The summed E-state index contributed by atoms with van der Waals surface area (Å²) >= 11 is 4.93. The first-order valence-corrected chi connectivity index (χ1v) is 7.18. The molecule has 1 aromatic carbocycles. The summed E-state index contributed by atoms with van der Waals surface area (Å²) in [7, 11) is 0. The van der Waals surface area contributed by atoms with E-state index in [-0.39, 0.29) is 0 Å². The molecule has 2 nitrogen and oxygen atoms in total. The Kier molecular flexibility index (Phi) is 3.16. The van der Waals surface area contributed by atoms with Crippen LogP contribution in [-0.2, 0) is 0 Å². The third kappa shape index (κ3) is 2.19. The second-order valence-electron chi connectivity index (χ2n) is 4.03. The fourth-order valence-electron chi connectivity index (χ4n) is 1.87. The van der Waals surface area contributed by atoms with E-state index in [0.717, 1.165) is 25.8 Å². The van der Waals surface area contributed by atoms with Gasteiger partial charge in [-0.15, -0.1) is 11.3 Å². The van der Waals surface area contributed by atoms with Crippen LogP contribution in [-0.4, -0.2) is 10.1 Å². The summed E-state index contributed by atoms with van der Waals surface area (Å²) in [6, 6.07) is 11.8. The maximum absolute atomic E-state index is 10.3. The van der Waals surface area contributed by atoms with E-state index in [9.17, 15) is 5.11 Å². The van der Waals surface area contributed by atoms with E-state index in [4.69, 9.17) is 0 Å². The fourth-order valence-corrected chi connectivity index (χ4v) is 3.33. The van der Waals surface area contributed by atoms with Crippen LogP contribution < -0.4 is 0 Å². The third-order valence-electron chi connectivity index (χ3n) is 2.78. The Hall–Kier alpha value is -1.23. The smallest absolute Gasteiger partial charge is 0.115 e. The summed E-state index contributed by atoms with van der Waals surface area (Å²) in [6.45, 7) is 0. The van der Waals surface area contributed by atoms with Gasteiger partial charge in [0.1, 0.15) is 6.10 Å². The lowest BCUT2D eigenvalue weighted by molar-refractivity contribution is 0.224. The molecule has 0 saturated heterocycles. The highest BCUT2D eigenvalue weighted by Gasteiger charge is 2.13. The second-order valence-corrected chi connectivity index (χ2v) is 5.89. The van der Waals surface area contributed by atoms with E-state index in [1.165, 1.54) is 11.3 Å². The molecule has 18 heavy (non-hydrogen) atoms. The first kappa shape index (κ1) is 11.8. The van der Waals surface area contributed by atoms with Crippen molar-refractivity contribution in [3.8, 4) is 0 Å². The van der Waals surface area contributed by atoms with E-state index in [1.54, 1.807) is 6.20 Å². The van der Waals surface area contributed by atoms with Gasteiger partial charge < -0.3 is 5.11 Å². The minimum Gasteiger partial charge on any atom is -0.383 e. The zero-order valence-electron chi connectivity index (χ0n) is 9.38. The fraction of sp³-hybridized carbons (Fsp3) is 0.0714. The van der Waals surface area contributed by atoms with E-state index < -0.39 is 6.10 Å². The molecule has 90 valence electrons. The Morgan fingerprint density at radius 3 is 2.83 bits per heavy atom. The molecule has 0 amide bonds. The molecule has 1 atom stereocenters. The normalized spacial score (nSPS) is 12.8. The number of benzene rings is 1. The van der Waals surface area contributed by atoms with Crippen molar-refractivity contribution in [2.45, 2.75) is 6.10 Å². The van der Waals surface area contributed by atoms with Crippen LogP contribution >= 0.6 is 27.3 Å². The quantitative estimate of drug-likeness (QED) is 0.770. The molecule has 0 bridgehead atoms. The lowest BCUT2D eigenvalue weighted by Crippen LogP contribution is -1.97. The first-order valence-electron chi connectivity index (χ1n) is 5.51. The van der Waals surface area contributed by atoms with Gasteiger partial charge in [0, 0.05) is 31.9 Å². The molecule has 3 rings (SSSR count). The Morgan fingerprint density at radius 1 is 1.22 bits per heavy atom. The standard InChI is InChI=1S/C14H10BrNOS/c15-11-6-13(18-8-11)14(17)10-5-9-3-1-2-4-12(9)16-7-10/h1-8,14,17H. The minimum absolute atomic E-state index is 0.613. The number of para-hydroxylation sites is 1. The number of hydrogen-bond donors (Lipinski definition) is 1. The molecule has 2 heterocycles. The van der Waals surface area contributed by atoms with Crippen LogP contribution in [0.4, 0.5) is 0 Å². The topological polar surface area (TPSA) is 33.1 Å². The van der Waals surface area contributed by atoms with Crippen LogP contribution in [0.5, 0.6) is 0 Å². The molecule has 2 aromatic heterocycles. The summed E-state index contributed by atoms with van der Waals surface area (Å²) in [6.07, 6.45) is 1.12. The predicted molar refractivity (Wildman–Crippen MR) is 77.8 cm³/mol. The molecule has 0 radical (unpaired) electrons. The monoisotopic (exact) mass is 319 g/mol. The molecule has 0 aliphatic heterocycles. The second kappa shape index (κ2) is 4.80. The van der Waals surface area contributed by atoms with E-state index in [2.05, 4.69) is 20.9 Å². The number of rotatable bonds is 2. The Bertz CT molecular complexity index is 695. The van der Waals surface area contributed by atoms with Gasteiger partial charge in [-0.1, -0.05) is 18.2 Å². The molecule has 4 heteroatoms. The van der Waals surface area contributed by atoms with Gasteiger partial charge in [0.15, 0.2) is 0 Å². The Balaban J connectivity index is 2.03. The van der Waals surface area contributed by atoms with Crippen LogP contribution in [0.3, 0.4) is 0 Å². The van der Waals surface area contributed by atoms with Gasteiger partial charge in [-0.05, 0) is 34.1 Å². The van der Waals surface area contributed by atoms with Gasteiger partial charge in [0.25, 0.3) is 0 Å². The van der Waals surface area contributed by atoms with Crippen molar-refractivity contribution >= 4 is 38.2 Å². The van der Waals surface area contributed by atoms with Crippen molar-refractivity contribution in [1.29, 1.82) is 0 Å². The van der Waals surface area contributed by atoms with Gasteiger partial charge >= 0.3 is 0 Å². The van der Waals surface area contributed by atoms with Crippen LogP contribution in [0, 0.1) is 0 Å². The number of halogens is 1. The number of aliphatic hydroxyl groups excluding tert-OH is 1. The largest absolute Gasteiger partial charge is 0.383 e. The number of thiophene rings is 1. The molecule has 1 N–H and O–H groups in total. The molecule has 1 unspecified atom stereocenters. The van der Waals surface area contributed by atoms with Crippen molar-refractivity contribution in [3.05, 3.63) is 62.9 Å². The maximum atomic E-state index is 10.3. The molecule has 0 aliphatic carbocycles. The van der Waals surface area contributed by atoms with Crippen molar-refractivity contribution in [3.63, 3.8) is 0 Å². The number of fused-ring (bicyclic) bond motifs is 1. The van der Waals surface area contributed by atoms with Crippen molar-refractivity contribution < 1.29 is 5.11 Å². The summed E-state index contributed by atoms with van der Waals surface area (Å²) in [5.74, 6) is 0. The van der Waals surface area contributed by atoms with E-state index in [0.29, 0.717) is 0 Å². The van der Waals surface area contributed by atoms with Gasteiger partial charge in [0.05, 0.1) is 5.52 Å². The Labute approximate surface area is 117 Å². The van der Waals surface area contributed by atoms with Crippen LogP contribution in [0.25, 0.3) is 10.9 Å². The van der Waals surface area contributed by atoms with Crippen LogP contribution in [0.15, 0.2) is 52.4 Å². The lowest BCUT2D eigenvalue weighted by atomic mass is 10.1. The summed E-state index contributed by atoms with van der Waals surface area (Å²) in [5.41, 5.74) is 1.77.